The van der Waals surface area contributed by atoms with Gasteiger partial charge in [0, 0.05) is 0 Å². The van der Waals surface area contributed by atoms with Crippen molar-refractivity contribution in [3.63, 3.8) is 0 Å². The van der Waals surface area contributed by atoms with Gasteiger partial charge in [0.05, 0.1) is 10.7 Å². The van der Waals surface area contributed by atoms with Crippen LogP contribution in [0.2, 0.25) is 0 Å². The number of nitriles is 1. The summed E-state index contributed by atoms with van der Waals surface area (Å²) in [7, 11) is 1.48. The van der Waals surface area contributed by atoms with E-state index in [9.17, 15) is 9.59 Å². The molecule has 0 radical (unpaired) electrons. The molecule has 21 heavy (non-hydrogen) atoms. The molecule has 8 heteroatoms. The van der Waals surface area contributed by atoms with Gasteiger partial charge in [0.25, 0.3) is 5.91 Å². The zero-order valence-corrected chi connectivity index (χ0v) is 13.1. The number of hydrogen-bond acceptors (Lipinski definition) is 5. The molecule has 0 unspecified atom stereocenters. The van der Waals surface area contributed by atoms with Crippen LogP contribution in [-0.4, -0.2) is 25.7 Å². The van der Waals surface area contributed by atoms with Crippen LogP contribution in [0.3, 0.4) is 0 Å². The second-order valence-corrected chi connectivity index (χ2v) is 5.11. The molecule has 7 nitrogen and oxygen atoms in total. The lowest BCUT2D eigenvalue weighted by Gasteiger charge is -2.11. The summed E-state index contributed by atoms with van der Waals surface area (Å²) in [6.07, 6.45) is 1.53. The summed E-state index contributed by atoms with van der Waals surface area (Å²) in [5.74, 6) is 0.411. The van der Waals surface area contributed by atoms with E-state index in [0.29, 0.717) is 17.1 Å². The summed E-state index contributed by atoms with van der Waals surface area (Å²) in [4.78, 5) is 22.5. The van der Waals surface area contributed by atoms with Crippen molar-refractivity contribution in [1.82, 2.24) is 10.6 Å². The highest BCUT2D eigenvalue weighted by Crippen LogP contribution is 2.34. The molecule has 1 aromatic rings. The van der Waals surface area contributed by atoms with E-state index in [-0.39, 0.29) is 12.3 Å². The van der Waals surface area contributed by atoms with Gasteiger partial charge in [-0.3, -0.25) is 10.1 Å². The lowest BCUT2D eigenvalue weighted by Crippen LogP contribution is -2.22. The molecular formula is C13H10IN3O4. The van der Waals surface area contributed by atoms with Gasteiger partial charge in [0.15, 0.2) is 18.1 Å². The number of carbonyl (C=O) groups is 2. The van der Waals surface area contributed by atoms with Crippen LogP contribution in [0.15, 0.2) is 17.8 Å². The van der Waals surface area contributed by atoms with Crippen LogP contribution in [0.1, 0.15) is 5.56 Å². The fraction of sp³-hybridized carbons (Fsp3) is 0.154. The number of imide groups is 1. The fourth-order valence-corrected chi connectivity index (χ4v) is 2.50. The lowest BCUT2D eigenvalue weighted by atomic mass is 10.1. The minimum absolute atomic E-state index is 0.0920. The first kappa shape index (κ1) is 15.1. The second-order valence-electron chi connectivity index (χ2n) is 3.95. The Hall–Kier alpha value is -2.28. The van der Waals surface area contributed by atoms with E-state index in [2.05, 4.69) is 10.6 Å². The van der Waals surface area contributed by atoms with E-state index in [1.165, 1.54) is 13.2 Å². The number of urea groups is 1. The topological polar surface area (TPSA) is 100 Å². The Morgan fingerprint density at radius 1 is 1.38 bits per heavy atom. The molecule has 0 aliphatic carbocycles. The average molecular weight is 399 g/mol. The number of amides is 3. The Morgan fingerprint density at radius 3 is 2.71 bits per heavy atom. The molecule has 0 spiro atoms. The number of ether oxygens (including phenoxy) is 2. The van der Waals surface area contributed by atoms with Crippen molar-refractivity contribution in [2.75, 3.05) is 13.7 Å². The van der Waals surface area contributed by atoms with E-state index in [1.54, 1.807) is 12.1 Å². The summed E-state index contributed by atoms with van der Waals surface area (Å²) < 4.78 is 11.2. The third kappa shape index (κ3) is 3.43. The molecule has 1 heterocycles. The first-order chi connectivity index (χ1) is 10.0. The summed E-state index contributed by atoms with van der Waals surface area (Å²) >= 11 is 2.04. The average Bonchev–Trinajstić information content (AvgIpc) is 2.75. The van der Waals surface area contributed by atoms with Crippen molar-refractivity contribution in [3.05, 3.63) is 27.0 Å². The highest BCUT2D eigenvalue weighted by atomic mass is 127. The maximum absolute atomic E-state index is 11.5. The summed E-state index contributed by atoms with van der Waals surface area (Å²) in [5.41, 5.74) is 0.816. The Kier molecular flexibility index (Phi) is 4.64. The molecule has 1 aliphatic rings. The van der Waals surface area contributed by atoms with Crippen molar-refractivity contribution < 1.29 is 19.1 Å². The van der Waals surface area contributed by atoms with Crippen molar-refractivity contribution >= 4 is 40.6 Å². The van der Waals surface area contributed by atoms with Gasteiger partial charge in [-0.25, -0.2) is 4.79 Å². The highest BCUT2D eigenvalue weighted by molar-refractivity contribution is 14.1. The predicted molar refractivity (Wildman–Crippen MR) is 81.5 cm³/mol. The number of hydrogen-bond donors (Lipinski definition) is 2. The Morgan fingerprint density at radius 2 is 2.14 bits per heavy atom. The minimum Gasteiger partial charge on any atom is -0.493 e. The van der Waals surface area contributed by atoms with Gasteiger partial charge < -0.3 is 14.8 Å². The smallest absolute Gasteiger partial charge is 0.326 e. The molecule has 1 aliphatic heterocycles. The molecule has 0 aromatic heterocycles. The molecule has 1 fully saturated rings. The summed E-state index contributed by atoms with van der Waals surface area (Å²) in [5, 5.41) is 13.1. The third-order valence-electron chi connectivity index (χ3n) is 2.56. The van der Waals surface area contributed by atoms with E-state index in [0.717, 1.165) is 3.57 Å². The third-order valence-corrected chi connectivity index (χ3v) is 3.37. The zero-order valence-electron chi connectivity index (χ0n) is 10.9. The Bertz CT molecular complexity index is 679. The SMILES string of the molecule is COc1cc(/C=C2/NC(=O)NC2=O)cc(I)c1OCC#N. The van der Waals surface area contributed by atoms with Crippen LogP contribution in [0, 0.1) is 14.9 Å². The number of methoxy groups -OCH3 is 1. The molecule has 0 bridgehead atoms. The number of halogens is 1. The molecule has 2 N–H and O–H groups in total. The van der Waals surface area contributed by atoms with Crippen molar-refractivity contribution in [3.8, 4) is 17.6 Å². The standard InChI is InChI=1S/C13H10IN3O4/c1-20-10-6-7(4-8(14)11(10)21-3-2-15)5-9-12(18)17-13(19)16-9/h4-6H,3H2,1H3,(H2,16,17,18,19)/b9-5+. The number of nitrogens with zero attached hydrogens (tertiary/aromatic N) is 1. The van der Waals surface area contributed by atoms with Gasteiger partial charge in [-0.1, -0.05) is 0 Å². The van der Waals surface area contributed by atoms with E-state index >= 15 is 0 Å². The number of rotatable bonds is 4. The molecule has 1 aromatic carbocycles. The van der Waals surface area contributed by atoms with Crippen molar-refractivity contribution in [1.29, 1.82) is 5.26 Å². The van der Waals surface area contributed by atoms with E-state index in [4.69, 9.17) is 14.7 Å². The maximum Gasteiger partial charge on any atom is 0.326 e. The second kappa shape index (κ2) is 6.45. The highest BCUT2D eigenvalue weighted by Gasteiger charge is 2.23. The van der Waals surface area contributed by atoms with Crippen LogP contribution in [0.5, 0.6) is 11.5 Å². The predicted octanol–water partition coefficient (Wildman–Crippen LogP) is 1.38. The summed E-state index contributed by atoms with van der Waals surface area (Å²) in [6.45, 7) is -0.0920. The largest absolute Gasteiger partial charge is 0.493 e. The molecular weight excluding hydrogens is 389 g/mol. The lowest BCUT2D eigenvalue weighted by molar-refractivity contribution is -0.115. The Labute approximate surface area is 134 Å². The van der Waals surface area contributed by atoms with Crippen LogP contribution in [-0.2, 0) is 4.79 Å². The summed E-state index contributed by atoms with van der Waals surface area (Å²) in [6, 6.07) is 4.73. The zero-order chi connectivity index (χ0) is 15.4. The van der Waals surface area contributed by atoms with Crippen molar-refractivity contribution in [2.24, 2.45) is 0 Å². The first-order valence-corrected chi connectivity index (χ1v) is 6.84. The van der Waals surface area contributed by atoms with E-state index < -0.39 is 11.9 Å². The number of carbonyl (C=O) groups excluding carboxylic acids is 2. The maximum atomic E-state index is 11.5. The number of nitrogens with one attached hydrogen (secondary N) is 2. The van der Waals surface area contributed by atoms with Gasteiger partial charge in [-0.05, 0) is 46.4 Å². The molecule has 0 atom stereocenters. The van der Waals surface area contributed by atoms with Gasteiger partial charge >= 0.3 is 6.03 Å². The van der Waals surface area contributed by atoms with Crippen LogP contribution in [0.25, 0.3) is 6.08 Å². The van der Waals surface area contributed by atoms with Gasteiger partial charge in [-0.2, -0.15) is 5.26 Å². The first-order valence-electron chi connectivity index (χ1n) is 5.76. The minimum atomic E-state index is -0.554. The van der Waals surface area contributed by atoms with Crippen molar-refractivity contribution in [2.45, 2.75) is 0 Å². The normalized spacial score (nSPS) is 15.4. The molecule has 0 saturated carbocycles. The molecule has 1 saturated heterocycles. The quantitative estimate of drug-likeness (QED) is 0.453. The monoisotopic (exact) mass is 399 g/mol. The molecule has 3 amide bonds. The van der Waals surface area contributed by atoms with Gasteiger partial charge in [-0.15, -0.1) is 0 Å². The van der Waals surface area contributed by atoms with Crippen LogP contribution < -0.4 is 20.1 Å². The molecule has 108 valence electrons. The fourth-order valence-electron chi connectivity index (χ4n) is 1.72. The molecule has 2 rings (SSSR count). The Balaban J connectivity index is 2.37. The van der Waals surface area contributed by atoms with Crippen LogP contribution in [0.4, 0.5) is 4.79 Å². The van der Waals surface area contributed by atoms with E-state index in [1.807, 2.05) is 28.7 Å². The van der Waals surface area contributed by atoms with Gasteiger partial charge in [0.1, 0.15) is 11.8 Å². The van der Waals surface area contributed by atoms with Crippen LogP contribution >= 0.6 is 22.6 Å². The number of benzene rings is 1. The van der Waals surface area contributed by atoms with Gasteiger partial charge in [0.2, 0.25) is 0 Å².